The molecule has 1 N–H and O–H groups in total. The Balaban J connectivity index is 2.70. The Hall–Kier alpha value is -1.08. The lowest BCUT2D eigenvalue weighted by Crippen LogP contribution is -1.94. The van der Waals surface area contributed by atoms with Gasteiger partial charge in [-0.15, -0.1) is 0 Å². The summed E-state index contributed by atoms with van der Waals surface area (Å²) in [5.74, 6) is 0. The predicted octanol–water partition coefficient (Wildman–Crippen LogP) is 3.08. The second-order valence-corrected chi connectivity index (χ2v) is 2.90. The van der Waals surface area contributed by atoms with Gasteiger partial charge >= 0.3 is 0 Å². The quantitative estimate of drug-likeness (QED) is 0.701. The SMILES string of the molecule is [2H]C(O)(C/C=C/CC)c1ccccc1. The molecule has 0 aliphatic heterocycles. The second-order valence-electron chi connectivity index (χ2n) is 2.90. The van der Waals surface area contributed by atoms with E-state index in [0.29, 0.717) is 12.0 Å². The van der Waals surface area contributed by atoms with Gasteiger partial charge in [0, 0.05) is 0 Å². The van der Waals surface area contributed by atoms with Gasteiger partial charge in [-0.2, -0.15) is 0 Å². The summed E-state index contributed by atoms with van der Waals surface area (Å²) in [6.07, 6.45) is 3.59. The van der Waals surface area contributed by atoms with Crippen LogP contribution in [-0.2, 0) is 0 Å². The Morgan fingerprint density at radius 3 is 2.69 bits per heavy atom. The number of rotatable bonds is 4. The smallest absolute Gasteiger partial charge is 0.0824 e. The molecule has 1 nitrogen and oxygen atoms in total. The Bertz CT molecular complexity index is 290. The van der Waals surface area contributed by atoms with Crippen molar-refractivity contribution in [1.29, 1.82) is 0 Å². The molecule has 13 heavy (non-hydrogen) atoms. The lowest BCUT2D eigenvalue weighted by Gasteiger charge is -2.07. The molecule has 0 bridgehead atoms. The first kappa shape index (κ1) is 8.52. The monoisotopic (exact) mass is 177 g/mol. The van der Waals surface area contributed by atoms with Gasteiger partial charge in [0.1, 0.15) is 0 Å². The van der Waals surface area contributed by atoms with Crippen molar-refractivity contribution in [3.8, 4) is 0 Å². The first-order valence-corrected chi connectivity index (χ1v) is 4.59. The van der Waals surface area contributed by atoms with Gasteiger partial charge in [0.05, 0.1) is 7.45 Å². The molecule has 1 atom stereocenters. The van der Waals surface area contributed by atoms with E-state index < -0.39 is 6.08 Å². The minimum Gasteiger partial charge on any atom is -0.388 e. The standard InChI is InChI=1S/C12H16O/c1-2-3-5-10-12(13)11-8-6-4-7-9-11/h3-9,12-13H,2,10H2,1H3/b5-3+/i12D. The van der Waals surface area contributed by atoms with Gasteiger partial charge in [-0.3, -0.25) is 0 Å². The van der Waals surface area contributed by atoms with Gasteiger partial charge < -0.3 is 5.11 Å². The molecule has 0 aliphatic carbocycles. The number of hydrogen-bond donors (Lipinski definition) is 1. The summed E-state index contributed by atoms with van der Waals surface area (Å²) in [5.41, 5.74) is 0.640. The van der Waals surface area contributed by atoms with Crippen molar-refractivity contribution in [1.82, 2.24) is 0 Å². The molecule has 1 aromatic rings. The van der Waals surface area contributed by atoms with Crippen molar-refractivity contribution in [3.63, 3.8) is 0 Å². The van der Waals surface area contributed by atoms with Crippen LogP contribution in [0.15, 0.2) is 42.5 Å². The number of benzene rings is 1. The molecule has 0 saturated carbocycles. The summed E-state index contributed by atoms with van der Waals surface area (Å²) in [6, 6.07) is 9.08. The fraction of sp³-hybridized carbons (Fsp3) is 0.333. The summed E-state index contributed by atoms with van der Waals surface area (Å²) >= 11 is 0. The van der Waals surface area contributed by atoms with Crippen molar-refractivity contribution in [2.24, 2.45) is 0 Å². The van der Waals surface area contributed by atoms with Crippen molar-refractivity contribution in [2.45, 2.75) is 25.8 Å². The van der Waals surface area contributed by atoms with E-state index >= 15 is 0 Å². The highest BCUT2D eigenvalue weighted by atomic mass is 16.3. The average molecular weight is 177 g/mol. The third-order valence-electron chi connectivity index (χ3n) is 1.82. The van der Waals surface area contributed by atoms with Crippen LogP contribution in [0.1, 0.15) is 32.8 Å². The lowest BCUT2D eigenvalue weighted by atomic mass is 10.1. The Kier molecular flexibility index (Phi) is 3.63. The fourth-order valence-electron chi connectivity index (χ4n) is 1.11. The van der Waals surface area contributed by atoms with Crippen LogP contribution < -0.4 is 0 Å². The Labute approximate surface area is 81.1 Å². The van der Waals surface area contributed by atoms with Gasteiger partial charge in [-0.25, -0.2) is 0 Å². The molecular formula is C12H16O. The topological polar surface area (TPSA) is 20.2 Å². The Morgan fingerprint density at radius 1 is 1.38 bits per heavy atom. The highest BCUT2D eigenvalue weighted by molar-refractivity contribution is 5.17. The van der Waals surface area contributed by atoms with Gasteiger partial charge in [0.25, 0.3) is 0 Å². The predicted molar refractivity (Wildman–Crippen MR) is 55.4 cm³/mol. The molecule has 0 saturated heterocycles. The van der Waals surface area contributed by atoms with Crippen molar-refractivity contribution in [3.05, 3.63) is 48.0 Å². The van der Waals surface area contributed by atoms with E-state index in [1.165, 1.54) is 0 Å². The molecule has 1 unspecified atom stereocenters. The highest BCUT2D eigenvalue weighted by Crippen LogP contribution is 2.15. The number of hydrogen-bond acceptors (Lipinski definition) is 1. The third kappa shape index (κ3) is 3.43. The van der Waals surface area contributed by atoms with E-state index in [9.17, 15) is 5.11 Å². The average Bonchev–Trinajstić information content (AvgIpc) is 2.19. The Morgan fingerprint density at radius 2 is 2.08 bits per heavy atom. The summed E-state index contributed by atoms with van der Waals surface area (Å²) in [5, 5.41) is 9.83. The first-order valence-electron chi connectivity index (χ1n) is 5.09. The first-order chi connectivity index (χ1) is 6.67. The largest absolute Gasteiger partial charge is 0.388 e. The van der Waals surface area contributed by atoms with Crippen LogP contribution in [0.25, 0.3) is 0 Å². The van der Waals surface area contributed by atoms with E-state index in [4.69, 9.17) is 1.37 Å². The molecule has 70 valence electrons. The van der Waals surface area contributed by atoms with E-state index in [2.05, 4.69) is 0 Å². The van der Waals surface area contributed by atoms with Crippen LogP contribution in [0.5, 0.6) is 0 Å². The highest BCUT2D eigenvalue weighted by Gasteiger charge is 2.02. The van der Waals surface area contributed by atoms with Crippen molar-refractivity contribution in [2.75, 3.05) is 0 Å². The zero-order valence-corrected chi connectivity index (χ0v) is 7.90. The number of aliphatic hydroxyl groups is 1. The summed E-state index contributed by atoms with van der Waals surface area (Å²) in [4.78, 5) is 0. The van der Waals surface area contributed by atoms with Crippen LogP contribution in [0.2, 0.25) is 0 Å². The maximum absolute atomic E-state index is 9.83. The molecule has 0 heterocycles. The van der Waals surface area contributed by atoms with E-state index in [1.807, 2.05) is 37.3 Å². The number of allylic oxidation sites excluding steroid dienone is 1. The molecule has 0 aromatic heterocycles. The van der Waals surface area contributed by atoms with Gasteiger partial charge in [0.15, 0.2) is 0 Å². The van der Waals surface area contributed by atoms with Crippen LogP contribution in [0, 0.1) is 0 Å². The summed E-state index contributed by atoms with van der Waals surface area (Å²) in [7, 11) is 0. The minimum atomic E-state index is -1.49. The van der Waals surface area contributed by atoms with E-state index in [1.54, 1.807) is 12.1 Å². The molecule has 1 heteroatoms. The van der Waals surface area contributed by atoms with Crippen molar-refractivity contribution >= 4 is 0 Å². The molecule has 0 amide bonds. The molecule has 0 fully saturated rings. The zero-order chi connectivity index (χ0) is 10.4. The van der Waals surface area contributed by atoms with Crippen molar-refractivity contribution < 1.29 is 6.48 Å². The van der Waals surface area contributed by atoms with Gasteiger partial charge in [-0.1, -0.05) is 49.4 Å². The fourth-order valence-corrected chi connectivity index (χ4v) is 1.11. The van der Waals surface area contributed by atoms with Crippen LogP contribution in [-0.4, -0.2) is 5.11 Å². The normalized spacial score (nSPS) is 16.9. The molecule has 0 spiro atoms. The maximum atomic E-state index is 9.83. The molecule has 0 aliphatic rings. The van der Waals surface area contributed by atoms with Crippen LogP contribution in [0.4, 0.5) is 0 Å². The second kappa shape index (κ2) is 5.55. The van der Waals surface area contributed by atoms with Crippen LogP contribution >= 0.6 is 0 Å². The molecule has 1 rings (SSSR count). The van der Waals surface area contributed by atoms with E-state index in [-0.39, 0.29) is 0 Å². The van der Waals surface area contributed by atoms with Crippen LogP contribution in [0.3, 0.4) is 0 Å². The zero-order valence-electron chi connectivity index (χ0n) is 8.90. The summed E-state index contributed by atoms with van der Waals surface area (Å²) < 4.78 is 7.75. The lowest BCUT2D eigenvalue weighted by molar-refractivity contribution is 0.181. The van der Waals surface area contributed by atoms with Gasteiger partial charge in [0.2, 0.25) is 0 Å². The molecular weight excluding hydrogens is 160 g/mol. The molecule has 0 radical (unpaired) electrons. The maximum Gasteiger partial charge on any atom is 0.0824 e. The molecule has 1 aromatic carbocycles. The van der Waals surface area contributed by atoms with Gasteiger partial charge in [-0.05, 0) is 18.4 Å². The van der Waals surface area contributed by atoms with E-state index in [0.717, 1.165) is 6.42 Å². The summed E-state index contributed by atoms with van der Waals surface area (Å²) in [6.45, 7) is 2.03. The minimum absolute atomic E-state index is 0.338. The third-order valence-corrected chi connectivity index (χ3v) is 1.82.